The third-order valence-corrected chi connectivity index (χ3v) is 5.46. The van der Waals surface area contributed by atoms with Crippen LogP contribution >= 0.6 is 24.8 Å². The van der Waals surface area contributed by atoms with E-state index in [-0.39, 0.29) is 36.4 Å². The van der Waals surface area contributed by atoms with Crippen LogP contribution in [0.25, 0.3) is 0 Å². The number of ether oxygens (including phenoxy) is 2. The molecule has 7 heteroatoms. The van der Waals surface area contributed by atoms with Crippen LogP contribution in [0, 0.1) is 5.82 Å². The van der Waals surface area contributed by atoms with Gasteiger partial charge in [-0.2, -0.15) is 0 Å². The summed E-state index contributed by atoms with van der Waals surface area (Å²) >= 11 is 0. The Hall–Kier alpha value is -1.53. The molecule has 0 bridgehead atoms. The first-order valence-electron chi connectivity index (χ1n) is 10.1. The Kier molecular flexibility index (Phi) is 12.1. The number of nitrogens with zero attached hydrogens (tertiary/aromatic N) is 2. The highest BCUT2D eigenvalue weighted by molar-refractivity contribution is 5.85. The van der Waals surface area contributed by atoms with Crippen LogP contribution in [0.3, 0.4) is 0 Å². The zero-order valence-corrected chi connectivity index (χ0v) is 19.4. The van der Waals surface area contributed by atoms with Crippen LogP contribution in [0.5, 0.6) is 11.5 Å². The molecule has 0 aliphatic carbocycles. The molecule has 2 aromatic rings. The quantitative estimate of drug-likeness (QED) is 0.552. The maximum Gasteiger partial charge on any atom is 0.196 e. The molecule has 1 fully saturated rings. The summed E-state index contributed by atoms with van der Waals surface area (Å²) in [6.45, 7) is 6.45. The number of methoxy groups -OCH3 is 2. The number of piperazine rings is 1. The second-order valence-corrected chi connectivity index (χ2v) is 7.34. The molecule has 1 aliphatic heterocycles. The van der Waals surface area contributed by atoms with E-state index in [1.807, 2.05) is 6.07 Å². The zero-order valence-electron chi connectivity index (χ0n) is 17.8. The summed E-state index contributed by atoms with van der Waals surface area (Å²) < 4.78 is 24.5. The molecule has 0 unspecified atom stereocenters. The molecular formula is C23H33Cl2FN2O2. The summed E-state index contributed by atoms with van der Waals surface area (Å²) in [5, 5.41) is 0. The van der Waals surface area contributed by atoms with Gasteiger partial charge in [0.2, 0.25) is 0 Å². The van der Waals surface area contributed by atoms with Gasteiger partial charge in [-0.05, 0) is 49.1 Å². The van der Waals surface area contributed by atoms with Crippen molar-refractivity contribution in [3.05, 3.63) is 59.4 Å². The molecule has 1 saturated heterocycles. The van der Waals surface area contributed by atoms with Crippen molar-refractivity contribution < 1.29 is 13.9 Å². The molecule has 30 heavy (non-hydrogen) atoms. The Bertz CT molecular complexity index is 741. The highest BCUT2D eigenvalue weighted by atomic mass is 35.5. The molecule has 0 radical (unpaired) electrons. The smallest absolute Gasteiger partial charge is 0.196 e. The van der Waals surface area contributed by atoms with E-state index in [9.17, 15) is 4.39 Å². The predicted molar refractivity (Wildman–Crippen MR) is 125 cm³/mol. The molecule has 0 spiro atoms. The summed E-state index contributed by atoms with van der Waals surface area (Å²) in [6.07, 6.45) is 3.16. The maximum atomic E-state index is 14.1. The van der Waals surface area contributed by atoms with Gasteiger partial charge in [-0.25, -0.2) is 4.39 Å². The van der Waals surface area contributed by atoms with Crippen LogP contribution in [0.1, 0.15) is 17.5 Å². The average Bonchev–Trinajstić information content (AvgIpc) is 2.73. The van der Waals surface area contributed by atoms with Crippen LogP contribution in [0.15, 0.2) is 42.5 Å². The van der Waals surface area contributed by atoms with Crippen LogP contribution in [-0.2, 0) is 12.8 Å². The second kappa shape index (κ2) is 13.7. The first-order valence-corrected chi connectivity index (χ1v) is 10.1. The van der Waals surface area contributed by atoms with Crippen molar-refractivity contribution in [2.24, 2.45) is 0 Å². The van der Waals surface area contributed by atoms with Gasteiger partial charge in [-0.3, -0.25) is 0 Å². The molecule has 0 amide bonds. The number of hydrogen-bond donors (Lipinski definition) is 0. The van der Waals surface area contributed by atoms with Crippen LogP contribution < -0.4 is 9.47 Å². The van der Waals surface area contributed by atoms with E-state index in [4.69, 9.17) is 9.47 Å². The van der Waals surface area contributed by atoms with Gasteiger partial charge in [-0.15, -0.1) is 24.8 Å². The van der Waals surface area contributed by atoms with Crippen molar-refractivity contribution in [3.8, 4) is 11.5 Å². The Morgan fingerprint density at radius 2 is 1.43 bits per heavy atom. The normalized spacial score (nSPS) is 14.5. The molecule has 0 saturated carbocycles. The van der Waals surface area contributed by atoms with Gasteiger partial charge in [-0.1, -0.05) is 30.3 Å². The van der Waals surface area contributed by atoms with Crippen molar-refractivity contribution in [2.45, 2.75) is 19.3 Å². The van der Waals surface area contributed by atoms with E-state index < -0.39 is 0 Å². The van der Waals surface area contributed by atoms with Gasteiger partial charge >= 0.3 is 0 Å². The van der Waals surface area contributed by atoms with E-state index >= 15 is 0 Å². The molecule has 2 aromatic carbocycles. The number of aryl methyl sites for hydroxylation is 1. The highest BCUT2D eigenvalue weighted by Gasteiger charge is 2.17. The van der Waals surface area contributed by atoms with Gasteiger partial charge < -0.3 is 19.3 Å². The minimum absolute atomic E-state index is 0. The number of rotatable bonds is 9. The topological polar surface area (TPSA) is 24.9 Å². The van der Waals surface area contributed by atoms with Crippen molar-refractivity contribution in [2.75, 3.05) is 53.5 Å². The van der Waals surface area contributed by atoms with E-state index in [0.29, 0.717) is 5.75 Å². The Balaban J connectivity index is 0.00000225. The van der Waals surface area contributed by atoms with E-state index in [2.05, 4.69) is 40.1 Å². The van der Waals surface area contributed by atoms with Crippen LogP contribution in [-0.4, -0.2) is 63.3 Å². The van der Waals surface area contributed by atoms with E-state index in [1.54, 1.807) is 6.07 Å². The Morgan fingerprint density at radius 3 is 2.03 bits per heavy atom. The average molecular weight is 459 g/mol. The SMILES string of the molecule is COc1cc(CCN2CCN(CCCc3ccccc3)CC2)cc(F)c1OC.Cl.Cl. The summed E-state index contributed by atoms with van der Waals surface area (Å²) in [4.78, 5) is 5.01. The van der Waals surface area contributed by atoms with Crippen molar-refractivity contribution >= 4 is 24.8 Å². The lowest BCUT2D eigenvalue weighted by Crippen LogP contribution is -2.47. The highest BCUT2D eigenvalue weighted by Crippen LogP contribution is 2.31. The fraction of sp³-hybridized carbons (Fsp3) is 0.478. The summed E-state index contributed by atoms with van der Waals surface area (Å²) in [5.41, 5.74) is 2.36. The van der Waals surface area contributed by atoms with Crippen molar-refractivity contribution in [1.29, 1.82) is 0 Å². The Labute approximate surface area is 192 Å². The van der Waals surface area contributed by atoms with Gasteiger partial charge in [0.15, 0.2) is 17.3 Å². The molecule has 168 valence electrons. The van der Waals surface area contributed by atoms with Crippen molar-refractivity contribution in [3.63, 3.8) is 0 Å². The number of hydrogen-bond acceptors (Lipinski definition) is 4. The first kappa shape index (κ1) is 26.5. The molecule has 3 rings (SSSR count). The molecule has 0 aromatic heterocycles. The summed E-state index contributed by atoms with van der Waals surface area (Å²) in [7, 11) is 3.00. The molecule has 1 aliphatic rings. The summed E-state index contributed by atoms with van der Waals surface area (Å²) in [5.74, 6) is 0.274. The largest absolute Gasteiger partial charge is 0.493 e. The van der Waals surface area contributed by atoms with Gasteiger partial charge in [0.05, 0.1) is 14.2 Å². The third-order valence-electron chi connectivity index (χ3n) is 5.46. The summed E-state index contributed by atoms with van der Waals surface area (Å²) in [6, 6.07) is 14.1. The van der Waals surface area contributed by atoms with Crippen molar-refractivity contribution in [1.82, 2.24) is 9.80 Å². The molecule has 0 atom stereocenters. The third kappa shape index (κ3) is 7.62. The lowest BCUT2D eigenvalue weighted by Gasteiger charge is -2.34. The second-order valence-electron chi connectivity index (χ2n) is 7.34. The number of benzene rings is 2. The van der Waals surface area contributed by atoms with Gasteiger partial charge in [0.1, 0.15) is 0 Å². The molecule has 0 N–H and O–H groups in total. The molecule has 4 nitrogen and oxygen atoms in total. The number of halogens is 3. The fourth-order valence-corrected chi connectivity index (χ4v) is 3.79. The lowest BCUT2D eigenvalue weighted by atomic mass is 10.1. The Morgan fingerprint density at radius 1 is 0.800 bits per heavy atom. The standard InChI is InChI=1S/C23H31FN2O2.2ClH/c1-27-22-18-20(17-21(24)23(22)28-2)10-12-26-15-13-25(14-16-26)11-6-9-19-7-4-3-5-8-19;;/h3-5,7-8,17-18H,6,9-16H2,1-2H3;2*1H. The first-order chi connectivity index (χ1) is 13.7. The molecular weight excluding hydrogens is 426 g/mol. The van der Waals surface area contributed by atoms with Gasteiger partial charge in [0, 0.05) is 32.7 Å². The van der Waals surface area contributed by atoms with E-state index in [0.717, 1.165) is 57.7 Å². The molecule has 1 heterocycles. The zero-order chi connectivity index (χ0) is 19.8. The van der Waals surface area contributed by atoms with Crippen LogP contribution in [0.4, 0.5) is 4.39 Å². The minimum Gasteiger partial charge on any atom is -0.493 e. The van der Waals surface area contributed by atoms with E-state index in [1.165, 1.54) is 26.2 Å². The lowest BCUT2D eigenvalue weighted by molar-refractivity contribution is 0.132. The minimum atomic E-state index is -0.361. The van der Waals surface area contributed by atoms with Crippen LogP contribution in [0.2, 0.25) is 0 Å². The maximum absolute atomic E-state index is 14.1. The monoisotopic (exact) mass is 458 g/mol. The van der Waals surface area contributed by atoms with Gasteiger partial charge in [0.25, 0.3) is 0 Å². The predicted octanol–water partition coefficient (Wildman–Crippen LogP) is 4.48. The fourth-order valence-electron chi connectivity index (χ4n) is 3.79.